The molecule has 0 bridgehead atoms. The Labute approximate surface area is 131 Å². The Bertz CT molecular complexity index is 659. The van der Waals surface area contributed by atoms with Crippen LogP contribution in [0, 0.1) is 6.92 Å². The van der Waals surface area contributed by atoms with E-state index in [1.165, 1.54) is 11.1 Å². The highest BCUT2D eigenvalue weighted by atomic mass is 16.3. The lowest BCUT2D eigenvalue weighted by molar-refractivity contribution is 0.281. The molecule has 1 atom stereocenters. The maximum Gasteiger partial charge on any atom is 0.134 e. The van der Waals surface area contributed by atoms with E-state index >= 15 is 0 Å². The van der Waals surface area contributed by atoms with E-state index in [0.717, 1.165) is 37.0 Å². The Kier molecular flexibility index (Phi) is 4.24. The molecule has 0 saturated heterocycles. The Balaban J connectivity index is 1.83. The summed E-state index contributed by atoms with van der Waals surface area (Å²) in [5, 5.41) is 12.4. The minimum atomic E-state index is -0.0239. The van der Waals surface area contributed by atoms with Crippen LogP contribution in [0.15, 0.2) is 30.3 Å². The first-order chi connectivity index (χ1) is 10.7. The van der Waals surface area contributed by atoms with Crippen molar-refractivity contribution >= 4 is 11.6 Å². The second-order valence-corrected chi connectivity index (χ2v) is 5.83. The molecule has 5 heteroatoms. The summed E-state index contributed by atoms with van der Waals surface area (Å²) in [4.78, 5) is 11.3. The number of fused-ring (bicyclic) bond motifs is 1. The third kappa shape index (κ3) is 3.20. The van der Waals surface area contributed by atoms with Crippen molar-refractivity contribution in [2.75, 3.05) is 23.4 Å². The second-order valence-electron chi connectivity index (χ2n) is 5.83. The molecule has 0 fully saturated rings. The van der Waals surface area contributed by atoms with Gasteiger partial charge < -0.3 is 15.3 Å². The molecule has 0 spiro atoms. The number of anilines is 2. The summed E-state index contributed by atoms with van der Waals surface area (Å²) in [7, 11) is 0. The molecule has 116 valence electrons. The molecule has 1 aliphatic heterocycles. The van der Waals surface area contributed by atoms with Gasteiger partial charge in [0.15, 0.2) is 0 Å². The van der Waals surface area contributed by atoms with Gasteiger partial charge in [-0.3, -0.25) is 0 Å². The van der Waals surface area contributed by atoms with Gasteiger partial charge in [0.1, 0.15) is 17.5 Å². The van der Waals surface area contributed by atoms with E-state index in [-0.39, 0.29) is 12.6 Å². The first-order valence-corrected chi connectivity index (χ1v) is 7.70. The van der Waals surface area contributed by atoms with Crippen LogP contribution in [0.1, 0.15) is 23.9 Å². The number of aromatic nitrogens is 2. The van der Waals surface area contributed by atoms with Gasteiger partial charge >= 0.3 is 0 Å². The Morgan fingerprint density at radius 1 is 1.27 bits per heavy atom. The molecule has 22 heavy (non-hydrogen) atoms. The molecule has 0 aliphatic carbocycles. The zero-order valence-electron chi connectivity index (χ0n) is 13.1. The molecular weight excluding hydrogens is 276 g/mol. The molecule has 2 heterocycles. The quantitative estimate of drug-likeness (QED) is 0.905. The SMILES string of the molecule is Cc1nc(N[C@H](C)CO)cc(N2CCc3ccccc3C2)n1. The minimum absolute atomic E-state index is 0.0239. The van der Waals surface area contributed by atoms with E-state index < -0.39 is 0 Å². The average Bonchev–Trinajstić information content (AvgIpc) is 2.53. The summed E-state index contributed by atoms with van der Waals surface area (Å²) in [5.74, 6) is 2.45. The van der Waals surface area contributed by atoms with Crippen molar-refractivity contribution in [2.45, 2.75) is 32.9 Å². The van der Waals surface area contributed by atoms with Crippen molar-refractivity contribution in [1.82, 2.24) is 9.97 Å². The van der Waals surface area contributed by atoms with Gasteiger partial charge in [0.2, 0.25) is 0 Å². The molecular formula is C17H22N4O. The smallest absolute Gasteiger partial charge is 0.134 e. The second kappa shape index (κ2) is 6.32. The largest absolute Gasteiger partial charge is 0.394 e. The number of nitrogens with zero attached hydrogens (tertiary/aromatic N) is 3. The van der Waals surface area contributed by atoms with E-state index in [0.29, 0.717) is 0 Å². The zero-order chi connectivity index (χ0) is 15.5. The van der Waals surface area contributed by atoms with Crippen LogP contribution < -0.4 is 10.2 Å². The number of aryl methyl sites for hydroxylation is 1. The molecule has 0 saturated carbocycles. The number of benzene rings is 1. The first kappa shape index (κ1) is 14.8. The summed E-state index contributed by atoms with van der Waals surface area (Å²) in [6.07, 6.45) is 1.04. The Morgan fingerprint density at radius 2 is 2.05 bits per heavy atom. The molecule has 5 nitrogen and oxygen atoms in total. The summed E-state index contributed by atoms with van der Waals surface area (Å²) in [6.45, 7) is 5.74. The number of hydrogen-bond acceptors (Lipinski definition) is 5. The summed E-state index contributed by atoms with van der Waals surface area (Å²) < 4.78 is 0. The van der Waals surface area contributed by atoms with Crippen molar-refractivity contribution in [1.29, 1.82) is 0 Å². The molecule has 0 radical (unpaired) electrons. The van der Waals surface area contributed by atoms with E-state index in [1.807, 2.05) is 19.9 Å². The first-order valence-electron chi connectivity index (χ1n) is 7.70. The van der Waals surface area contributed by atoms with Crippen LogP contribution in [0.2, 0.25) is 0 Å². The van der Waals surface area contributed by atoms with Crippen molar-refractivity contribution in [3.05, 3.63) is 47.3 Å². The fourth-order valence-corrected chi connectivity index (χ4v) is 2.78. The Hall–Kier alpha value is -2.14. The van der Waals surface area contributed by atoms with Gasteiger partial charge in [-0.15, -0.1) is 0 Å². The summed E-state index contributed by atoms with van der Waals surface area (Å²) in [6, 6.07) is 10.5. The number of rotatable bonds is 4. The van der Waals surface area contributed by atoms with Crippen LogP contribution in [0.5, 0.6) is 0 Å². The van der Waals surface area contributed by atoms with Crippen molar-refractivity contribution < 1.29 is 5.11 Å². The number of aliphatic hydroxyl groups excluding tert-OH is 1. The number of aliphatic hydroxyl groups is 1. The molecule has 2 N–H and O–H groups in total. The van der Waals surface area contributed by atoms with E-state index in [1.54, 1.807) is 0 Å². The van der Waals surface area contributed by atoms with Gasteiger partial charge in [-0.25, -0.2) is 9.97 Å². The molecule has 0 amide bonds. The van der Waals surface area contributed by atoms with Gasteiger partial charge in [0, 0.05) is 25.2 Å². The maximum atomic E-state index is 9.18. The normalized spacial score (nSPS) is 15.3. The van der Waals surface area contributed by atoms with Gasteiger partial charge in [0.05, 0.1) is 6.61 Å². The topological polar surface area (TPSA) is 61.3 Å². The third-order valence-corrected chi connectivity index (χ3v) is 3.95. The van der Waals surface area contributed by atoms with E-state index in [2.05, 4.69) is 44.5 Å². The van der Waals surface area contributed by atoms with Crippen molar-refractivity contribution in [3.8, 4) is 0 Å². The Morgan fingerprint density at radius 3 is 2.82 bits per heavy atom. The van der Waals surface area contributed by atoms with Crippen LogP contribution in [0.3, 0.4) is 0 Å². The van der Waals surface area contributed by atoms with E-state index in [9.17, 15) is 5.11 Å². The monoisotopic (exact) mass is 298 g/mol. The minimum Gasteiger partial charge on any atom is -0.394 e. The highest BCUT2D eigenvalue weighted by Gasteiger charge is 2.18. The number of hydrogen-bond donors (Lipinski definition) is 2. The molecule has 2 aromatic rings. The lowest BCUT2D eigenvalue weighted by Crippen LogP contribution is -2.31. The molecule has 0 unspecified atom stereocenters. The van der Waals surface area contributed by atoms with Crippen LogP contribution in [0.25, 0.3) is 0 Å². The molecule has 1 aromatic carbocycles. The van der Waals surface area contributed by atoms with Crippen molar-refractivity contribution in [3.63, 3.8) is 0 Å². The lowest BCUT2D eigenvalue weighted by atomic mass is 10.00. The van der Waals surface area contributed by atoms with Gasteiger partial charge in [-0.05, 0) is 31.4 Å². The van der Waals surface area contributed by atoms with Crippen LogP contribution in [0.4, 0.5) is 11.6 Å². The molecule has 1 aliphatic rings. The van der Waals surface area contributed by atoms with Crippen LogP contribution in [-0.4, -0.2) is 34.3 Å². The zero-order valence-corrected chi connectivity index (χ0v) is 13.1. The standard InChI is InChI=1S/C17H22N4O/c1-12(11-22)18-16-9-17(20-13(2)19-16)21-8-7-14-5-3-4-6-15(14)10-21/h3-6,9,12,22H,7-8,10-11H2,1-2H3,(H,18,19,20)/t12-/m1/s1. The van der Waals surface area contributed by atoms with E-state index in [4.69, 9.17) is 0 Å². The summed E-state index contributed by atoms with van der Waals surface area (Å²) in [5.41, 5.74) is 2.79. The predicted octanol–water partition coefficient (Wildman–Crippen LogP) is 2.14. The lowest BCUT2D eigenvalue weighted by Gasteiger charge is -2.30. The maximum absolute atomic E-state index is 9.18. The predicted molar refractivity (Wildman–Crippen MR) is 88.1 cm³/mol. The van der Waals surface area contributed by atoms with Gasteiger partial charge in [-0.1, -0.05) is 24.3 Å². The third-order valence-electron chi connectivity index (χ3n) is 3.95. The fourth-order valence-electron chi connectivity index (χ4n) is 2.78. The molecule has 3 rings (SSSR count). The van der Waals surface area contributed by atoms with Gasteiger partial charge in [-0.2, -0.15) is 0 Å². The molecule has 1 aromatic heterocycles. The van der Waals surface area contributed by atoms with Gasteiger partial charge in [0.25, 0.3) is 0 Å². The van der Waals surface area contributed by atoms with Crippen LogP contribution >= 0.6 is 0 Å². The number of nitrogens with one attached hydrogen (secondary N) is 1. The fraction of sp³-hybridized carbons (Fsp3) is 0.412. The van der Waals surface area contributed by atoms with Crippen molar-refractivity contribution in [2.24, 2.45) is 0 Å². The highest BCUT2D eigenvalue weighted by Crippen LogP contribution is 2.24. The van der Waals surface area contributed by atoms with Crippen LogP contribution in [-0.2, 0) is 13.0 Å². The summed E-state index contributed by atoms with van der Waals surface area (Å²) >= 11 is 0. The average molecular weight is 298 g/mol. The highest BCUT2D eigenvalue weighted by molar-refractivity contribution is 5.51.